The summed E-state index contributed by atoms with van der Waals surface area (Å²) in [4.78, 5) is 0. The summed E-state index contributed by atoms with van der Waals surface area (Å²) in [5.41, 5.74) is 2.50. The Bertz CT molecular complexity index is 175. The molecule has 0 spiro atoms. The van der Waals surface area contributed by atoms with Crippen LogP contribution in [0, 0.1) is 0 Å². The van der Waals surface area contributed by atoms with Gasteiger partial charge in [0.2, 0.25) is 0 Å². The summed E-state index contributed by atoms with van der Waals surface area (Å²) >= 11 is 0. The van der Waals surface area contributed by atoms with E-state index in [2.05, 4.69) is 24.9 Å². The van der Waals surface area contributed by atoms with E-state index in [0.717, 1.165) is 6.54 Å². The van der Waals surface area contributed by atoms with E-state index in [1.807, 2.05) is 12.3 Å². The van der Waals surface area contributed by atoms with Gasteiger partial charge in [0.05, 0.1) is 0 Å². The highest BCUT2D eigenvalue weighted by atomic mass is 14.8. The Morgan fingerprint density at radius 3 is 3.00 bits per heavy atom. The van der Waals surface area contributed by atoms with Gasteiger partial charge in [-0.05, 0) is 18.1 Å². The average Bonchev–Trinajstić information content (AvgIpc) is 1.89. The molecule has 1 N–H and O–H groups in total. The van der Waals surface area contributed by atoms with Gasteiger partial charge in [-0.1, -0.05) is 18.7 Å². The molecular formula is C8H11N. The fourth-order valence-electron chi connectivity index (χ4n) is 0.870. The minimum absolute atomic E-state index is 0.929. The van der Waals surface area contributed by atoms with Crippen molar-refractivity contribution in [1.82, 2.24) is 5.32 Å². The zero-order valence-corrected chi connectivity index (χ0v) is 5.65. The predicted molar refractivity (Wildman–Crippen MR) is 40.0 cm³/mol. The first-order valence-electron chi connectivity index (χ1n) is 3.07. The van der Waals surface area contributed by atoms with Gasteiger partial charge in [0.15, 0.2) is 0 Å². The van der Waals surface area contributed by atoms with Crippen molar-refractivity contribution in [3.05, 3.63) is 36.1 Å². The molecule has 1 heterocycles. The Balaban J connectivity index is 2.79. The van der Waals surface area contributed by atoms with E-state index in [-0.39, 0.29) is 0 Å². The molecule has 0 saturated carbocycles. The summed E-state index contributed by atoms with van der Waals surface area (Å²) in [5.74, 6) is 0. The van der Waals surface area contributed by atoms with Crippen LogP contribution in [0.15, 0.2) is 36.1 Å². The van der Waals surface area contributed by atoms with E-state index in [9.17, 15) is 0 Å². The molecule has 0 bridgehead atoms. The molecule has 9 heavy (non-hydrogen) atoms. The number of allylic oxidation sites excluding steroid dienone is 3. The molecule has 0 fully saturated rings. The topological polar surface area (TPSA) is 12.0 Å². The molecule has 0 aromatic rings. The Morgan fingerprint density at radius 1 is 1.78 bits per heavy atom. The van der Waals surface area contributed by atoms with E-state index in [1.165, 1.54) is 11.1 Å². The smallest absolute Gasteiger partial charge is 0.0334 e. The summed E-state index contributed by atoms with van der Waals surface area (Å²) in [5, 5.41) is 3.11. The largest absolute Gasteiger partial charge is 0.387 e. The standard InChI is InChI=1S/C8H11N/c1-3-8-4-5-9-6-7(8)2/h3-4,6,9H,1,5H2,2H3. The van der Waals surface area contributed by atoms with Crippen molar-refractivity contribution in [1.29, 1.82) is 0 Å². The van der Waals surface area contributed by atoms with Gasteiger partial charge in [0, 0.05) is 12.7 Å². The second-order valence-electron chi connectivity index (χ2n) is 2.10. The van der Waals surface area contributed by atoms with Gasteiger partial charge in [0.25, 0.3) is 0 Å². The van der Waals surface area contributed by atoms with E-state index in [4.69, 9.17) is 0 Å². The van der Waals surface area contributed by atoms with Crippen LogP contribution in [0.1, 0.15) is 6.92 Å². The lowest BCUT2D eigenvalue weighted by Gasteiger charge is -2.08. The molecule has 1 aliphatic rings. The third-order valence-electron chi connectivity index (χ3n) is 1.43. The zero-order chi connectivity index (χ0) is 6.69. The first kappa shape index (κ1) is 6.14. The molecule has 1 nitrogen and oxygen atoms in total. The van der Waals surface area contributed by atoms with Gasteiger partial charge >= 0.3 is 0 Å². The molecule has 0 aliphatic carbocycles. The summed E-state index contributed by atoms with van der Waals surface area (Å²) in [6.45, 7) is 6.70. The molecule has 0 aromatic heterocycles. The van der Waals surface area contributed by atoms with Gasteiger partial charge in [-0.3, -0.25) is 0 Å². The SMILES string of the molecule is C=CC1=CCNC=C1C. The highest BCUT2D eigenvalue weighted by molar-refractivity contribution is 5.39. The minimum atomic E-state index is 0.929. The normalized spacial score (nSPS) is 17.4. The average molecular weight is 121 g/mol. The van der Waals surface area contributed by atoms with Crippen molar-refractivity contribution in [3.63, 3.8) is 0 Å². The van der Waals surface area contributed by atoms with E-state index in [0.29, 0.717) is 0 Å². The second kappa shape index (κ2) is 2.53. The third kappa shape index (κ3) is 1.22. The van der Waals surface area contributed by atoms with Gasteiger partial charge < -0.3 is 5.32 Å². The maximum Gasteiger partial charge on any atom is 0.0334 e. The first-order valence-corrected chi connectivity index (χ1v) is 3.07. The van der Waals surface area contributed by atoms with Crippen LogP contribution in [-0.4, -0.2) is 6.54 Å². The van der Waals surface area contributed by atoms with Crippen LogP contribution in [0.25, 0.3) is 0 Å². The molecular weight excluding hydrogens is 110 g/mol. The van der Waals surface area contributed by atoms with Crippen LogP contribution >= 0.6 is 0 Å². The van der Waals surface area contributed by atoms with E-state index in [1.54, 1.807) is 0 Å². The first-order chi connectivity index (χ1) is 4.34. The zero-order valence-electron chi connectivity index (χ0n) is 5.65. The molecule has 0 atom stereocenters. The molecule has 1 aliphatic heterocycles. The molecule has 0 unspecified atom stereocenters. The van der Waals surface area contributed by atoms with Gasteiger partial charge in [-0.25, -0.2) is 0 Å². The minimum Gasteiger partial charge on any atom is -0.387 e. The van der Waals surface area contributed by atoms with Gasteiger partial charge in [-0.15, -0.1) is 0 Å². The maximum absolute atomic E-state index is 3.70. The quantitative estimate of drug-likeness (QED) is 0.555. The second-order valence-corrected chi connectivity index (χ2v) is 2.10. The molecule has 0 radical (unpaired) electrons. The van der Waals surface area contributed by atoms with E-state index >= 15 is 0 Å². The van der Waals surface area contributed by atoms with Crippen molar-refractivity contribution < 1.29 is 0 Å². The Morgan fingerprint density at radius 2 is 2.56 bits per heavy atom. The van der Waals surface area contributed by atoms with Crippen LogP contribution < -0.4 is 5.32 Å². The Kier molecular flexibility index (Phi) is 1.73. The molecule has 0 aromatic carbocycles. The van der Waals surface area contributed by atoms with Crippen molar-refractivity contribution in [2.75, 3.05) is 6.54 Å². The fraction of sp³-hybridized carbons (Fsp3) is 0.250. The van der Waals surface area contributed by atoms with Crippen LogP contribution in [0.3, 0.4) is 0 Å². The Labute approximate surface area is 55.8 Å². The lowest BCUT2D eigenvalue weighted by molar-refractivity contribution is 0.944. The molecule has 1 rings (SSSR count). The monoisotopic (exact) mass is 121 g/mol. The molecule has 48 valence electrons. The van der Waals surface area contributed by atoms with Crippen LogP contribution in [-0.2, 0) is 0 Å². The summed E-state index contributed by atoms with van der Waals surface area (Å²) in [6.07, 6.45) is 6.02. The number of dihydropyridines is 1. The number of rotatable bonds is 1. The van der Waals surface area contributed by atoms with Crippen molar-refractivity contribution in [3.8, 4) is 0 Å². The van der Waals surface area contributed by atoms with Crippen LogP contribution in [0.5, 0.6) is 0 Å². The summed E-state index contributed by atoms with van der Waals surface area (Å²) < 4.78 is 0. The Hall–Kier alpha value is -0.980. The fourth-order valence-corrected chi connectivity index (χ4v) is 0.870. The molecule has 0 amide bonds. The predicted octanol–water partition coefficient (Wildman–Crippen LogP) is 1.61. The lowest BCUT2D eigenvalue weighted by atomic mass is 10.1. The number of hydrogen-bond acceptors (Lipinski definition) is 1. The number of nitrogens with one attached hydrogen (secondary N) is 1. The number of hydrogen-bond donors (Lipinski definition) is 1. The highest BCUT2D eigenvalue weighted by Crippen LogP contribution is 2.10. The lowest BCUT2D eigenvalue weighted by Crippen LogP contribution is -2.10. The van der Waals surface area contributed by atoms with Crippen molar-refractivity contribution in [2.24, 2.45) is 0 Å². The van der Waals surface area contributed by atoms with Crippen molar-refractivity contribution in [2.45, 2.75) is 6.92 Å². The summed E-state index contributed by atoms with van der Waals surface area (Å²) in [6, 6.07) is 0. The maximum atomic E-state index is 3.70. The van der Waals surface area contributed by atoms with Crippen LogP contribution in [0.2, 0.25) is 0 Å². The summed E-state index contributed by atoms with van der Waals surface area (Å²) in [7, 11) is 0. The highest BCUT2D eigenvalue weighted by Gasteiger charge is 1.97. The van der Waals surface area contributed by atoms with Crippen LogP contribution in [0.4, 0.5) is 0 Å². The molecule has 1 heteroatoms. The third-order valence-corrected chi connectivity index (χ3v) is 1.43. The molecule has 0 saturated heterocycles. The van der Waals surface area contributed by atoms with Gasteiger partial charge in [0.1, 0.15) is 0 Å². The van der Waals surface area contributed by atoms with Crippen molar-refractivity contribution >= 4 is 0 Å². The van der Waals surface area contributed by atoms with Gasteiger partial charge in [-0.2, -0.15) is 0 Å². The van der Waals surface area contributed by atoms with E-state index < -0.39 is 0 Å².